The van der Waals surface area contributed by atoms with Crippen molar-refractivity contribution in [3.8, 4) is 5.75 Å². The van der Waals surface area contributed by atoms with Crippen LogP contribution in [0.15, 0.2) is 18.2 Å². The van der Waals surface area contributed by atoms with Gasteiger partial charge in [0.15, 0.2) is 9.84 Å². The molecule has 0 saturated carbocycles. The van der Waals surface area contributed by atoms with Crippen molar-refractivity contribution in [2.75, 3.05) is 18.1 Å². The van der Waals surface area contributed by atoms with Gasteiger partial charge in [0, 0.05) is 0 Å². The van der Waals surface area contributed by atoms with Crippen molar-refractivity contribution in [1.29, 1.82) is 0 Å². The zero-order valence-corrected chi connectivity index (χ0v) is 10.9. The third-order valence-corrected chi connectivity index (χ3v) is 4.13. The number of halogens is 1. The molecule has 0 unspecified atom stereocenters. The minimum absolute atomic E-state index is 0.00271. The lowest BCUT2D eigenvalue weighted by atomic mass is 10.2. The smallest absolute Gasteiger partial charge is 0.153 e. The van der Waals surface area contributed by atoms with Gasteiger partial charge in [-0.25, -0.2) is 12.8 Å². The molecule has 0 spiro atoms. The van der Waals surface area contributed by atoms with E-state index in [-0.39, 0.29) is 23.9 Å². The van der Waals surface area contributed by atoms with Gasteiger partial charge in [-0.15, -0.1) is 0 Å². The predicted molar refractivity (Wildman–Crippen MR) is 65.6 cm³/mol. The maximum Gasteiger partial charge on any atom is 0.153 e. The summed E-state index contributed by atoms with van der Waals surface area (Å²) in [5.74, 6) is 0.377. The first-order chi connectivity index (χ1) is 7.94. The first kappa shape index (κ1) is 14.0. The van der Waals surface area contributed by atoms with Crippen LogP contribution in [0.4, 0.5) is 4.39 Å². The van der Waals surface area contributed by atoms with Crippen LogP contribution in [0.3, 0.4) is 0 Å². The van der Waals surface area contributed by atoms with E-state index in [1.807, 2.05) is 6.92 Å². The van der Waals surface area contributed by atoms with Crippen LogP contribution in [0, 0.1) is 12.7 Å². The standard InChI is InChI=1S/C12H17FO3S/c1-3-7-17(14,15)8-6-16-11-4-5-12(13)10(2)9-11/h4-5,9H,3,6-8H2,1-2H3. The summed E-state index contributed by atoms with van der Waals surface area (Å²) in [7, 11) is -3.02. The molecule has 0 aliphatic rings. The van der Waals surface area contributed by atoms with E-state index in [4.69, 9.17) is 4.74 Å². The quantitative estimate of drug-likeness (QED) is 0.788. The monoisotopic (exact) mass is 260 g/mol. The molecule has 0 atom stereocenters. The van der Waals surface area contributed by atoms with Crippen molar-refractivity contribution >= 4 is 9.84 Å². The van der Waals surface area contributed by atoms with Crippen LogP contribution in [-0.2, 0) is 9.84 Å². The lowest BCUT2D eigenvalue weighted by Gasteiger charge is -2.07. The minimum atomic E-state index is -3.02. The molecule has 0 bridgehead atoms. The summed E-state index contributed by atoms with van der Waals surface area (Å²) in [6.07, 6.45) is 0.609. The first-order valence-electron chi connectivity index (χ1n) is 5.54. The SMILES string of the molecule is CCCS(=O)(=O)CCOc1ccc(F)c(C)c1. The fourth-order valence-electron chi connectivity index (χ4n) is 1.41. The highest BCUT2D eigenvalue weighted by atomic mass is 32.2. The van der Waals surface area contributed by atoms with E-state index in [9.17, 15) is 12.8 Å². The van der Waals surface area contributed by atoms with Crippen LogP contribution in [0.25, 0.3) is 0 Å². The second kappa shape index (κ2) is 6.00. The molecule has 0 heterocycles. The Bertz CT molecular complexity index is 469. The highest BCUT2D eigenvalue weighted by molar-refractivity contribution is 7.91. The van der Waals surface area contributed by atoms with E-state index in [1.54, 1.807) is 13.0 Å². The molecule has 0 aliphatic heterocycles. The summed E-state index contributed by atoms with van der Waals surface area (Å²) in [6.45, 7) is 3.56. The number of hydrogen-bond donors (Lipinski definition) is 0. The number of rotatable bonds is 6. The summed E-state index contributed by atoms with van der Waals surface area (Å²) in [5.41, 5.74) is 0.485. The van der Waals surface area contributed by atoms with Gasteiger partial charge < -0.3 is 4.74 Å². The molecule has 0 fully saturated rings. The van der Waals surface area contributed by atoms with Gasteiger partial charge in [-0.2, -0.15) is 0 Å². The van der Waals surface area contributed by atoms with E-state index >= 15 is 0 Å². The van der Waals surface area contributed by atoms with E-state index in [2.05, 4.69) is 0 Å². The normalized spacial score (nSPS) is 11.5. The average molecular weight is 260 g/mol. The molecule has 5 heteroatoms. The lowest BCUT2D eigenvalue weighted by Crippen LogP contribution is -2.16. The summed E-state index contributed by atoms with van der Waals surface area (Å²) in [6, 6.07) is 4.36. The molecule has 0 aliphatic carbocycles. The fourth-order valence-corrected chi connectivity index (χ4v) is 2.57. The molecule has 0 amide bonds. The van der Waals surface area contributed by atoms with E-state index in [0.717, 1.165) is 0 Å². The molecule has 1 rings (SSSR count). The summed E-state index contributed by atoms with van der Waals surface area (Å²) >= 11 is 0. The minimum Gasteiger partial charge on any atom is -0.493 e. The zero-order valence-electron chi connectivity index (χ0n) is 10.1. The summed E-state index contributed by atoms with van der Waals surface area (Å²) < 4.78 is 41.0. The Kier molecular flexibility index (Phi) is 4.93. The Labute approximate surface area is 102 Å². The van der Waals surface area contributed by atoms with Gasteiger partial charge in [0.2, 0.25) is 0 Å². The van der Waals surface area contributed by atoms with Crippen molar-refractivity contribution in [2.24, 2.45) is 0 Å². The number of benzene rings is 1. The van der Waals surface area contributed by atoms with Crippen LogP contribution >= 0.6 is 0 Å². The molecular weight excluding hydrogens is 243 g/mol. The van der Waals surface area contributed by atoms with E-state index in [1.165, 1.54) is 12.1 Å². The van der Waals surface area contributed by atoms with Gasteiger partial charge in [-0.3, -0.25) is 0 Å². The van der Waals surface area contributed by atoms with Crippen molar-refractivity contribution in [2.45, 2.75) is 20.3 Å². The molecule has 0 radical (unpaired) electrons. The Morgan fingerprint density at radius 1 is 1.29 bits per heavy atom. The van der Waals surface area contributed by atoms with Gasteiger partial charge in [0.1, 0.15) is 18.2 Å². The third-order valence-electron chi connectivity index (χ3n) is 2.31. The Morgan fingerprint density at radius 2 is 2.00 bits per heavy atom. The van der Waals surface area contributed by atoms with Gasteiger partial charge in [-0.1, -0.05) is 6.92 Å². The molecule has 0 saturated heterocycles. The number of hydrogen-bond acceptors (Lipinski definition) is 3. The van der Waals surface area contributed by atoms with E-state index < -0.39 is 9.84 Å². The van der Waals surface area contributed by atoms with Crippen molar-refractivity contribution in [3.63, 3.8) is 0 Å². The van der Waals surface area contributed by atoms with Gasteiger partial charge >= 0.3 is 0 Å². The molecule has 96 valence electrons. The lowest BCUT2D eigenvalue weighted by molar-refractivity contribution is 0.340. The maximum absolute atomic E-state index is 13.0. The second-order valence-electron chi connectivity index (χ2n) is 3.91. The van der Waals surface area contributed by atoms with Gasteiger partial charge in [-0.05, 0) is 37.1 Å². The fraction of sp³-hybridized carbons (Fsp3) is 0.500. The summed E-state index contributed by atoms with van der Waals surface area (Å²) in [5, 5.41) is 0. The average Bonchev–Trinajstić information content (AvgIpc) is 2.23. The van der Waals surface area contributed by atoms with Crippen LogP contribution in [-0.4, -0.2) is 26.5 Å². The Balaban J connectivity index is 2.49. The molecule has 1 aromatic rings. The number of ether oxygens (including phenoxy) is 1. The van der Waals surface area contributed by atoms with Crippen molar-refractivity contribution < 1.29 is 17.5 Å². The third kappa shape index (κ3) is 4.73. The Morgan fingerprint density at radius 3 is 2.59 bits per heavy atom. The summed E-state index contributed by atoms with van der Waals surface area (Å²) in [4.78, 5) is 0. The van der Waals surface area contributed by atoms with E-state index in [0.29, 0.717) is 17.7 Å². The second-order valence-corrected chi connectivity index (χ2v) is 6.21. The topological polar surface area (TPSA) is 43.4 Å². The molecule has 0 N–H and O–H groups in total. The first-order valence-corrected chi connectivity index (χ1v) is 7.36. The molecule has 0 aromatic heterocycles. The number of aryl methyl sites for hydroxylation is 1. The van der Waals surface area contributed by atoms with Crippen LogP contribution in [0.1, 0.15) is 18.9 Å². The van der Waals surface area contributed by atoms with Crippen molar-refractivity contribution in [3.05, 3.63) is 29.6 Å². The maximum atomic E-state index is 13.0. The highest BCUT2D eigenvalue weighted by Gasteiger charge is 2.09. The Hall–Kier alpha value is -1.10. The molecule has 1 aromatic carbocycles. The molecule has 17 heavy (non-hydrogen) atoms. The molecular formula is C12H17FO3S. The largest absolute Gasteiger partial charge is 0.493 e. The van der Waals surface area contributed by atoms with Gasteiger partial charge in [0.05, 0.1) is 11.5 Å². The van der Waals surface area contributed by atoms with Crippen LogP contribution in [0.5, 0.6) is 5.75 Å². The van der Waals surface area contributed by atoms with Crippen molar-refractivity contribution in [1.82, 2.24) is 0 Å². The van der Waals surface area contributed by atoms with Crippen LogP contribution < -0.4 is 4.74 Å². The zero-order chi connectivity index (χ0) is 12.9. The number of sulfone groups is 1. The highest BCUT2D eigenvalue weighted by Crippen LogP contribution is 2.15. The van der Waals surface area contributed by atoms with Gasteiger partial charge in [0.25, 0.3) is 0 Å². The molecule has 3 nitrogen and oxygen atoms in total. The predicted octanol–water partition coefficient (Wildman–Crippen LogP) is 2.34. The van der Waals surface area contributed by atoms with Crippen LogP contribution in [0.2, 0.25) is 0 Å².